The summed E-state index contributed by atoms with van der Waals surface area (Å²) in [4.78, 5) is 7.98. The molecule has 2 rings (SSSR count). The Balaban J connectivity index is 2.02. The van der Waals surface area contributed by atoms with Crippen LogP contribution in [-0.2, 0) is 6.54 Å². The summed E-state index contributed by atoms with van der Waals surface area (Å²) in [7, 11) is 0. The van der Waals surface area contributed by atoms with Gasteiger partial charge in [-0.1, -0.05) is 5.16 Å². The topological polar surface area (TPSA) is 63.8 Å². The fraction of sp³-hybridized carbons (Fsp3) is 0.125. The maximum Gasteiger partial charge on any atom is 0.155 e. The second kappa shape index (κ2) is 4.36. The molecule has 0 saturated carbocycles. The first-order valence-electron chi connectivity index (χ1n) is 3.95. The first-order valence-corrected chi connectivity index (χ1v) is 5.03. The Morgan fingerprint density at radius 1 is 1.50 bits per heavy atom. The lowest BCUT2D eigenvalue weighted by molar-refractivity contribution is 0.388. The summed E-state index contributed by atoms with van der Waals surface area (Å²) in [6.45, 7) is 0.576. The van der Waals surface area contributed by atoms with Gasteiger partial charge >= 0.3 is 0 Å². The minimum absolute atomic E-state index is 0.576. The highest BCUT2D eigenvalue weighted by Crippen LogP contribution is 2.13. The third-order valence-electron chi connectivity index (χ3n) is 1.59. The van der Waals surface area contributed by atoms with E-state index in [1.165, 1.54) is 6.33 Å². The molecule has 0 bridgehead atoms. The van der Waals surface area contributed by atoms with E-state index in [2.05, 4.69) is 43.0 Å². The average Bonchev–Trinajstić information content (AvgIpc) is 2.69. The summed E-state index contributed by atoms with van der Waals surface area (Å²) in [5.74, 6) is 1.58. The summed E-state index contributed by atoms with van der Waals surface area (Å²) < 4.78 is 5.91. The van der Waals surface area contributed by atoms with Crippen LogP contribution in [-0.4, -0.2) is 15.1 Å². The van der Waals surface area contributed by atoms with Crippen LogP contribution in [0.1, 0.15) is 5.76 Å². The predicted molar refractivity (Wildman–Crippen MR) is 58.6 cm³/mol. The molecule has 1 N–H and O–H groups in total. The van der Waals surface area contributed by atoms with Gasteiger partial charge in [-0.05, 0) is 22.6 Å². The third kappa shape index (κ3) is 2.19. The molecule has 0 radical (unpaired) electrons. The van der Waals surface area contributed by atoms with Crippen LogP contribution in [0.4, 0.5) is 5.82 Å². The Hall–Kier alpha value is -1.18. The van der Waals surface area contributed by atoms with Gasteiger partial charge in [0, 0.05) is 12.3 Å². The summed E-state index contributed by atoms with van der Waals surface area (Å²) in [5.41, 5.74) is 0. The molecule has 0 aromatic carbocycles. The molecule has 0 aliphatic carbocycles. The number of hydrogen-bond donors (Lipinski definition) is 1. The highest BCUT2D eigenvalue weighted by Gasteiger charge is 2.01. The molecule has 0 saturated heterocycles. The van der Waals surface area contributed by atoms with Gasteiger partial charge < -0.3 is 9.84 Å². The van der Waals surface area contributed by atoms with Crippen molar-refractivity contribution in [1.29, 1.82) is 0 Å². The summed E-state index contributed by atoms with van der Waals surface area (Å²) in [6.07, 6.45) is 4.86. The average molecular weight is 302 g/mol. The first kappa shape index (κ1) is 9.38. The fourth-order valence-electron chi connectivity index (χ4n) is 0.947. The number of rotatable bonds is 3. The summed E-state index contributed by atoms with van der Waals surface area (Å²) in [6, 6.07) is 1.81. The van der Waals surface area contributed by atoms with E-state index in [4.69, 9.17) is 4.52 Å². The highest BCUT2D eigenvalue weighted by molar-refractivity contribution is 14.1. The maximum atomic E-state index is 4.94. The van der Waals surface area contributed by atoms with E-state index in [1.54, 1.807) is 18.5 Å². The normalized spacial score (nSPS) is 10.1. The molecule has 5 nitrogen and oxygen atoms in total. The van der Waals surface area contributed by atoms with Crippen LogP contribution in [0.25, 0.3) is 0 Å². The van der Waals surface area contributed by atoms with Crippen molar-refractivity contribution in [3.8, 4) is 0 Å². The Morgan fingerprint density at radius 2 is 2.43 bits per heavy atom. The lowest BCUT2D eigenvalue weighted by Crippen LogP contribution is -2.02. The van der Waals surface area contributed by atoms with Crippen molar-refractivity contribution >= 4 is 28.4 Å². The quantitative estimate of drug-likeness (QED) is 0.874. The molecule has 0 fully saturated rings. The van der Waals surface area contributed by atoms with Gasteiger partial charge in [-0.15, -0.1) is 0 Å². The Bertz CT molecular complexity index is 403. The molecule has 0 spiro atoms. The van der Waals surface area contributed by atoms with Crippen LogP contribution in [0, 0.1) is 3.57 Å². The Kier molecular flexibility index (Phi) is 2.92. The number of hydrogen-bond acceptors (Lipinski definition) is 5. The molecule has 14 heavy (non-hydrogen) atoms. The van der Waals surface area contributed by atoms with Crippen molar-refractivity contribution < 1.29 is 4.52 Å². The zero-order valence-corrected chi connectivity index (χ0v) is 9.30. The molecule has 6 heteroatoms. The molecule has 0 atom stereocenters. The monoisotopic (exact) mass is 302 g/mol. The zero-order chi connectivity index (χ0) is 9.80. The van der Waals surface area contributed by atoms with Crippen LogP contribution < -0.4 is 5.32 Å². The molecule has 0 amide bonds. The van der Waals surface area contributed by atoms with E-state index >= 15 is 0 Å². The standard InChI is InChI=1S/C8H7IN4O/c9-7-4-10-5-12-8(7)11-3-6-1-2-13-14-6/h1-2,4-5H,3H2,(H,10,11,12). The Morgan fingerprint density at radius 3 is 3.14 bits per heavy atom. The van der Waals surface area contributed by atoms with E-state index < -0.39 is 0 Å². The van der Waals surface area contributed by atoms with Gasteiger partial charge in [0.2, 0.25) is 0 Å². The van der Waals surface area contributed by atoms with E-state index in [9.17, 15) is 0 Å². The van der Waals surface area contributed by atoms with E-state index in [0.717, 1.165) is 15.1 Å². The summed E-state index contributed by atoms with van der Waals surface area (Å²) in [5, 5.41) is 6.73. The molecule has 2 heterocycles. The van der Waals surface area contributed by atoms with Crippen LogP contribution in [0.3, 0.4) is 0 Å². The van der Waals surface area contributed by atoms with Gasteiger partial charge in [0.15, 0.2) is 5.76 Å². The smallest absolute Gasteiger partial charge is 0.155 e. The van der Waals surface area contributed by atoms with Crippen molar-refractivity contribution in [2.24, 2.45) is 0 Å². The van der Waals surface area contributed by atoms with Crippen molar-refractivity contribution in [1.82, 2.24) is 15.1 Å². The van der Waals surface area contributed by atoms with Crippen LogP contribution in [0.15, 0.2) is 29.3 Å². The fourth-order valence-corrected chi connectivity index (χ4v) is 1.44. The predicted octanol–water partition coefficient (Wildman–Crippen LogP) is 1.68. The lowest BCUT2D eigenvalue weighted by atomic mass is 10.4. The lowest BCUT2D eigenvalue weighted by Gasteiger charge is -2.03. The highest BCUT2D eigenvalue weighted by atomic mass is 127. The number of halogens is 1. The van der Waals surface area contributed by atoms with Crippen LogP contribution in [0.5, 0.6) is 0 Å². The second-order valence-corrected chi connectivity index (χ2v) is 3.71. The van der Waals surface area contributed by atoms with Crippen LogP contribution >= 0.6 is 22.6 Å². The SMILES string of the molecule is Ic1cncnc1NCc1ccno1. The molecule has 2 aromatic rings. The largest absolute Gasteiger partial charge is 0.362 e. The van der Waals surface area contributed by atoms with Gasteiger partial charge in [0.05, 0.1) is 16.3 Å². The van der Waals surface area contributed by atoms with Crippen molar-refractivity contribution in [3.63, 3.8) is 0 Å². The van der Waals surface area contributed by atoms with Crippen LogP contribution in [0.2, 0.25) is 0 Å². The number of nitrogens with one attached hydrogen (secondary N) is 1. The van der Waals surface area contributed by atoms with E-state index in [0.29, 0.717) is 6.54 Å². The number of aromatic nitrogens is 3. The number of nitrogens with zero attached hydrogens (tertiary/aromatic N) is 3. The van der Waals surface area contributed by atoms with E-state index in [1.807, 2.05) is 0 Å². The molecule has 0 unspecified atom stereocenters. The second-order valence-electron chi connectivity index (χ2n) is 2.55. The van der Waals surface area contributed by atoms with Gasteiger partial charge in [-0.2, -0.15) is 0 Å². The zero-order valence-electron chi connectivity index (χ0n) is 7.14. The van der Waals surface area contributed by atoms with Crippen molar-refractivity contribution in [3.05, 3.63) is 34.1 Å². The summed E-state index contributed by atoms with van der Waals surface area (Å²) >= 11 is 2.17. The van der Waals surface area contributed by atoms with Gasteiger partial charge in [-0.3, -0.25) is 0 Å². The first-order chi connectivity index (χ1) is 6.86. The van der Waals surface area contributed by atoms with Crippen molar-refractivity contribution in [2.75, 3.05) is 5.32 Å². The molecule has 72 valence electrons. The molecular formula is C8H7IN4O. The molecule has 2 aromatic heterocycles. The minimum Gasteiger partial charge on any atom is -0.362 e. The third-order valence-corrected chi connectivity index (χ3v) is 2.38. The Labute approximate surface area is 94.1 Å². The molecular weight excluding hydrogens is 295 g/mol. The van der Waals surface area contributed by atoms with Gasteiger partial charge in [0.1, 0.15) is 12.1 Å². The van der Waals surface area contributed by atoms with Gasteiger partial charge in [-0.25, -0.2) is 9.97 Å². The minimum atomic E-state index is 0.576. The molecule has 0 aliphatic rings. The molecule has 0 aliphatic heterocycles. The van der Waals surface area contributed by atoms with Gasteiger partial charge in [0.25, 0.3) is 0 Å². The van der Waals surface area contributed by atoms with Crippen molar-refractivity contribution in [2.45, 2.75) is 6.54 Å². The maximum absolute atomic E-state index is 4.94. The van der Waals surface area contributed by atoms with E-state index in [-0.39, 0.29) is 0 Å². The number of anilines is 1.